The summed E-state index contributed by atoms with van der Waals surface area (Å²) in [5.41, 5.74) is 0.171. The molecule has 0 aliphatic heterocycles. The number of aromatic hydroxyl groups is 1. The number of methoxy groups -OCH3 is 1. The largest absolute Gasteiger partial charge is 0.502 e. The SMILES string of the molecule is COC(=O)NCCCc1cccc([N+](=O)[O-])c1O. The summed E-state index contributed by atoms with van der Waals surface area (Å²) < 4.78 is 4.39. The molecule has 7 nitrogen and oxygen atoms in total. The number of carbonyl (C=O) groups excluding carboxylic acids is 1. The molecule has 0 aromatic heterocycles. The van der Waals surface area contributed by atoms with E-state index in [1.54, 1.807) is 6.07 Å². The molecule has 0 saturated carbocycles. The lowest BCUT2D eigenvalue weighted by molar-refractivity contribution is -0.385. The van der Waals surface area contributed by atoms with Crippen molar-refractivity contribution >= 4 is 11.8 Å². The van der Waals surface area contributed by atoms with E-state index in [1.807, 2.05) is 0 Å². The maximum atomic E-state index is 10.8. The predicted molar refractivity (Wildman–Crippen MR) is 63.5 cm³/mol. The van der Waals surface area contributed by atoms with Crippen molar-refractivity contribution < 1.29 is 19.6 Å². The molecule has 1 amide bonds. The molecule has 0 unspecified atom stereocenters. The highest BCUT2D eigenvalue weighted by atomic mass is 16.6. The van der Waals surface area contributed by atoms with Crippen molar-refractivity contribution in [3.05, 3.63) is 33.9 Å². The summed E-state index contributed by atoms with van der Waals surface area (Å²) in [6.45, 7) is 0.370. The summed E-state index contributed by atoms with van der Waals surface area (Å²) in [6.07, 6.45) is 0.444. The summed E-state index contributed by atoms with van der Waals surface area (Å²) in [6, 6.07) is 4.37. The molecule has 0 heterocycles. The fourth-order valence-electron chi connectivity index (χ4n) is 1.47. The number of rotatable bonds is 5. The number of aryl methyl sites for hydroxylation is 1. The summed E-state index contributed by atoms with van der Waals surface area (Å²) in [4.78, 5) is 20.7. The van der Waals surface area contributed by atoms with Gasteiger partial charge in [-0.2, -0.15) is 0 Å². The highest BCUT2D eigenvalue weighted by Crippen LogP contribution is 2.29. The van der Waals surface area contributed by atoms with Gasteiger partial charge in [0, 0.05) is 18.2 Å². The van der Waals surface area contributed by atoms with E-state index in [2.05, 4.69) is 10.1 Å². The van der Waals surface area contributed by atoms with Crippen molar-refractivity contribution in [2.45, 2.75) is 12.8 Å². The van der Waals surface area contributed by atoms with E-state index < -0.39 is 11.0 Å². The van der Waals surface area contributed by atoms with Gasteiger partial charge in [0.1, 0.15) is 0 Å². The highest BCUT2D eigenvalue weighted by molar-refractivity contribution is 5.66. The summed E-state index contributed by atoms with van der Waals surface area (Å²) in [5.74, 6) is -0.319. The number of amides is 1. The molecule has 0 aliphatic rings. The molecule has 1 aromatic rings. The summed E-state index contributed by atoms with van der Waals surface area (Å²) in [5, 5.41) is 22.7. The smallest absolute Gasteiger partial charge is 0.406 e. The van der Waals surface area contributed by atoms with Gasteiger partial charge in [-0.3, -0.25) is 10.1 Å². The Morgan fingerprint density at radius 1 is 1.56 bits per heavy atom. The van der Waals surface area contributed by atoms with Crippen molar-refractivity contribution in [2.75, 3.05) is 13.7 Å². The Labute approximate surface area is 104 Å². The Hall–Kier alpha value is -2.31. The van der Waals surface area contributed by atoms with Gasteiger partial charge < -0.3 is 15.2 Å². The topological polar surface area (TPSA) is 102 Å². The van der Waals surface area contributed by atoms with Gasteiger partial charge in [-0.25, -0.2) is 4.79 Å². The van der Waals surface area contributed by atoms with E-state index in [-0.39, 0.29) is 11.4 Å². The molecule has 0 aliphatic carbocycles. The van der Waals surface area contributed by atoms with Crippen LogP contribution in [0.2, 0.25) is 0 Å². The van der Waals surface area contributed by atoms with Crippen LogP contribution in [-0.4, -0.2) is 29.8 Å². The lowest BCUT2D eigenvalue weighted by Crippen LogP contribution is -2.24. The maximum absolute atomic E-state index is 10.8. The van der Waals surface area contributed by atoms with E-state index in [0.717, 1.165) is 0 Å². The summed E-state index contributed by atoms with van der Waals surface area (Å²) in [7, 11) is 1.27. The van der Waals surface area contributed by atoms with Crippen molar-refractivity contribution in [1.82, 2.24) is 5.32 Å². The number of phenolic OH excluding ortho intramolecular Hbond substituents is 1. The second-order valence-electron chi connectivity index (χ2n) is 3.56. The molecular weight excluding hydrogens is 240 g/mol. The van der Waals surface area contributed by atoms with Crippen LogP contribution in [0.1, 0.15) is 12.0 Å². The number of carbonyl (C=O) groups is 1. The number of alkyl carbamates (subject to hydrolysis) is 1. The number of para-hydroxylation sites is 1. The molecule has 0 radical (unpaired) electrons. The third-order valence-electron chi connectivity index (χ3n) is 2.37. The molecule has 18 heavy (non-hydrogen) atoms. The van der Waals surface area contributed by atoms with Crippen LogP contribution < -0.4 is 5.32 Å². The van der Waals surface area contributed by atoms with Crippen LogP contribution in [0.25, 0.3) is 0 Å². The molecule has 7 heteroatoms. The average molecular weight is 254 g/mol. The Morgan fingerprint density at radius 2 is 2.28 bits per heavy atom. The number of nitrogens with one attached hydrogen (secondary N) is 1. The van der Waals surface area contributed by atoms with Gasteiger partial charge in [0.25, 0.3) is 0 Å². The third kappa shape index (κ3) is 3.62. The monoisotopic (exact) mass is 254 g/mol. The molecular formula is C11H14N2O5. The minimum Gasteiger partial charge on any atom is -0.502 e. The van der Waals surface area contributed by atoms with E-state index in [9.17, 15) is 20.0 Å². The first-order valence-corrected chi connectivity index (χ1v) is 5.33. The zero-order chi connectivity index (χ0) is 13.5. The van der Waals surface area contributed by atoms with Crippen molar-refractivity contribution in [2.24, 2.45) is 0 Å². The number of ether oxygens (including phenoxy) is 1. The number of nitro benzene ring substituents is 1. The van der Waals surface area contributed by atoms with Gasteiger partial charge in [0.05, 0.1) is 12.0 Å². The quantitative estimate of drug-likeness (QED) is 0.472. The fourth-order valence-corrected chi connectivity index (χ4v) is 1.47. The van der Waals surface area contributed by atoms with Crippen LogP contribution in [-0.2, 0) is 11.2 Å². The number of nitro groups is 1. The average Bonchev–Trinajstić information content (AvgIpc) is 2.35. The predicted octanol–water partition coefficient (Wildman–Crippen LogP) is 1.59. The molecule has 0 fully saturated rings. The van der Waals surface area contributed by atoms with Gasteiger partial charge in [0.15, 0.2) is 5.75 Å². The molecule has 0 bridgehead atoms. The Kier molecular flexibility index (Phi) is 4.91. The van der Waals surface area contributed by atoms with E-state index in [4.69, 9.17) is 0 Å². The first-order chi connectivity index (χ1) is 8.56. The third-order valence-corrected chi connectivity index (χ3v) is 2.37. The number of hydrogen-bond acceptors (Lipinski definition) is 5. The minimum absolute atomic E-state index is 0.312. The van der Waals surface area contributed by atoms with Crippen LogP contribution in [0, 0.1) is 10.1 Å². The van der Waals surface area contributed by atoms with Crippen LogP contribution in [0.5, 0.6) is 5.75 Å². The lowest BCUT2D eigenvalue weighted by atomic mass is 10.1. The number of phenols is 1. The first kappa shape index (κ1) is 13.8. The normalized spacial score (nSPS) is 9.83. The second-order valence-corrected chi connectivity index (χ2v) is 3.56. The van der Waals surface area contributed by atoms with Crippen molar-refractivity contribution in [1.29, 1.82) is 0 Å². The van der Waals surface area contributed by atoms with E-state index in [1.165, 1.54) is 19.2 Å². The van der Waals surface area contributed by atoms with Gasteiger partial charge >= 0.3 is 11.8 Å². The minimum atomic E-state index is -0.633. The molecule has 0 saturated heterocycles. The molecule has 0 spiro atoms. The molecule has 0 atom stereocenters. The second kappa shape index (κ2) is 6.43. The number of benzene rings is 1. The van der Waals surface area contributed by atoms with Gasteiger partial charge in [-0.05, 0) is 12.8 Å². The van der Waals surface area contributed by atoms with E-state index in [0.29, 0.717) is 24.9 Å². The highest BCUT2D eigenvalue weighted by Gasteiger charge is 2.15. The lowest BCUT2D eigenvalue weighted by Gasteiger charge is -2.05. The fraction of sp³-hybridized carbons (Fsp3) is 0.364. The number of nitrogens with zero attached hydrogens (tertiary/aromatic N) is 1. The van der Waals surface area contributed by atoms with Crippen LogP contribution in [0.4, 0.5) is 10.5 Å². The Balaban J connectivity index is 2.55. The van der Waals surface area contributed by atoms with Gasteiger partial charge in [-0.1, -0.05) is 12.1 Å². The van der Waals surface area contributed by atoms with Crippen LogP contribution >= 0.6 is 0 Å². The first-order valence-electron chi connectivity index (χ1n) is 5.33. The zero-order valence-electron chi connectivity index (χ0n) is 9.88. The summed E-state index contributed by atoms with van der Waals surface area (Å²) >= 11 is 0. The molecule has 98 valence electrons. The van der Waals surface area contributed by atoms with Crippen molar-refractivity contribution in [3.63, 3.8) is 0 Å². The molecule has 1 rings (SSSR count). The Bertz CT molecular complexity index is 447. The van der Waals surface area contributed by atoms with Crippen LogP contribution in [0.15, 0.2) is 18.2 Å². The zero-order valence-corrected chi connectivity index (χ0v) is 9.88. The number of hydrogen-bond donors (Lipinski definition) is 2. The van der Waals surface area contributed by atoms with Gasteiger partial charge in [0.2, 0.25) is 0 Å². The molecule has 2 N–H and O–H groups in total. The Morgan fingerprint density at radius 3 is 2.89 bits per heavy atom. The standard InChI is InChI=1S/C11H14N2O5/c1-18-11(15)12-7-3-5-8-4-2-6-9(10(8)14)13(16)17/h2,4,6,14H,3,5,7H2,1H3,(H,12,15). The molecule has 1 aromatic carbocycles. The van der Waals surface area contributed by atoms with Crippen LogP contribution in [0.3, 0.4) is 0 Å². The van der Waals surface area contributed by atoms with E-state index >= 15 is 0 Å². The van der Waals surface area contributed by atoms with Gasteiger partial charge in [-0.15, -0.1) is 0 Å². The maximum Gasteiger partial charge on any atom is 0.406 e. The van der Waals surface area contributed by atoms with Crippen molar-refractivity contribution in [3.8, 4) is 5.75 Å².